The summed E-state index contributed by atoms with van der Waals surface area (Å²) in [6.07, 6.45) is 2.91. The second-order valence-electron chi connectivity index (χ2n) is 5.63. The van der Waals surface area contributed by atoms with Gasteiger partial charge in [0.25, 0.3) is 5.56 Å². The Balaban J connectivity index is 2.44. The maximum absolute atomic E-state index is 12.8. The van der Waals surface area contributed by atoms with E-state index >= 15 is 0 Å². The van der Waals surface area contributed by atoms with E-state index in [9.17, 15) is 14.4 Å². The van der Waals surface area contributed by atoms with Crippen molar-refractivity contribution in [2.45, 2.75) is 13.5 Å². The Morgan fingerprint density at radius 3 is 2.64 bits per heavy atom. The van der Waals surface area contributed by atoms with Crippen molar-refractivity contribution in [3.8, 4) is 0 Å². The molecule has 2 aromatic rings. The van der Waals surface area contributed by atoms with Gasteiger partial charge in [-0.2, -0.15) is 0 Å². The van der Waals surface area contributed by atoms with Crippen molar-refractivity contribution in [2.24, 2.45) is 0 Å². The Morgan fingerprint density at radius 1 is 1.29 bits per heavy atom. The van der Waals surface area contributed by atoms with Crippen LogP contribution in [0.1, 0.15) is 12.5 Å². The van der Waals surface area contributed by atoms with Crippen LogP contribution in [-0.2, 0) is 25.6 Å². The van der Waals surface area contributed by atoms with Gasteiger partial charge < -0.3 is 14.8 Å². The Kier molecular flexibility index (Phi) is 8.43. The van der Waals surface area contributed by atoms with Crippen molar-refractivity contribution >= 4 is 47.0 Å². The van der Waals surface area contributed by atoms with E-state index in [0.717, 1.165) is 16.9 Å². The maximum atomic E-state index is 12.8. The van der Waals surface area contributed by atoms with E-state index in [1.807, 2.05) is 0 Å². The van der Waals surface area contributed by atoms with Gasteiger partial charge in [0.05, 0.1) is 23.8 Å². The minimum Gasteiger partial charge on any atom is -0.463 e. The molecule has 0 atom stereocenters. The first-order valence-electron chi connectivity index (χ1n) is 8.55. The summed E-state index contributed by atoms with van der Waals surface area (Å²) in [5, 5.41) is 3.24. The van der Waals surface area contributed by atoms with Crippen molar-refractivity contribution in [3.05, 3.63) is 54.4 Å². The molecule has 0 unspecified atom stereocenters. The van der Waals surface area contributed by atoms with Crippen LogP contribution in [0.5, 0.6) is 0 Å². The number of amides is 1. The lowest BCUT2D eigenvalue weighted by atomic mass is 10.2. The fraction of sp³-hybridized carbons (Fsp3) is 0.316. The van der Waals surface area contributed by atoms with Crippen molar-refractivity contribution in [2.75, 3.05) is 26.9 Å². The predicted molar refractivity (Wildman–Crippen MR) is 109 cm³/mol. The number of nitrogens with zero attached hydrogens (tertiary/aromatic N) is 1. The highest BCUT2D eigenvalue weighted by Gasteiger charge is 2.11. The van der Waals surface area contributed by atoms with Crippen molar-refractivity contribution in [3.63, 3.8) is 0 Å². The van der Waals surface area contributed by atoms with Gasteiger partial charge in [-0.15, -0.1) is 11.3 Å². The topological polar surface area (TPSA) is 86.6 Å². The molecule has 1 amide bonds. The molecule has 0 aliphatic carbocycles. The fourth-order valence-electron chi connectivity index (χ4n) is 2.28. The molecule has 0 aliphatic heterocycles. The molecule has 7 nitrogen and oxygen atoms in total. The van der Waals surface area contributed by atoms with E-state index in [1.165, 1.54) is 17.8 Å². The van der Waals surface area contributed by atoms with Crippen LogP contribution in [0.3, 0.4) is 0 Å². The molecule has 28 heavy (non-hydrogen) atoms. The molecule has 1 aromatic heterocycles. The molecule has 0 saturated heterocycles. The SMILES string of the molecule is CCOC(=O)/C=c1\s/c(=C/c2ccc(Cl)cc2)c(=O)n1CC(=O)NCCOC. The first-order valence-corrected chi connectivity index (χ1v) is 9.75. The number of aromatic nitrogens is 1. The number of thiazole rings is 1. The molecule has 0 bridgehead atoms. The molecule has 0 radical (unpaired) electrons. The second kappa shape index (κ2) is 10.8. The van der Waals surface area contributed by atoms with E-state index in [-0.39, 0.29) is 24.6 Å². The van der Waals surface area contributed by atoms with Crippen LogP contribution in [-0.4, -0.2) is 43.3 Å². The highest BCUT2D eigenvalue weighted by atomic mass is 35.5. The highest BCUT2D eigenvalue weighted by molar-refractivity contribution is 7.07. The van der Waals surface area contributed by atoms with Gasteiger partial charge in [-0.25, -0.2) is 4.79 Å². The Labute approximate surface area is 170 Å². The van der Waals surface area contributed by atoms with Gasteiger partial charge in [0.15, 0.2) is 0 Å². The van der Waals surface area contributed by atoms with E-state index in [1.54, 1.807) is 37.3 Å². The minimum atomic E-state index is -0.574. The van der Waals surface area contributed by atoms with E-state index in [2.05, 4.69) is 5.32 Å². The molecule has 2 rings (SSSR count). The molecule has 0 spiro atoms. The average Bonchev–Trinajstić information content (AvgIpc) is 2.92. The normalized spacial score (nSPS) is 12.2. The van der Waals surface area contributed by atoms with Crippen LogP contribution in [0.25, 0.3) is 12.2 Å². The first-order chi connectivity index (χ1) is 13.4. The molecule has 1 aromatic carbocycles. The van der Waals surface area contributed by atoms with Crippen LogP contribution in [0.15, 0.2) is 29.1 Å². The number of methoxy groups -OCH3 is 1. The van der Waals surface area contributed by atoms with Crippen molar-refractivity contribution in [1.29, 1.82) is 0 Å². The summed E-state index contributed by atoms with van der Waals surface area (Å²) in [6.45, 7) is 2.39. The Bertz CT molecular complexity index is 995. The lowest BCUT2D eigenvalue weighted by molar-refractivity contribution is -0.135. The van der Waals surface area contributed by atoms with Crippen LogP contribution in [0.4, 0.5) is 0 Å². The third-order valence-electron chi connectivity index (χ3n) is 3.56. The van der Waals surface area contributed by atoms with Gasteiger partial charge in [-0.1, -0.05) is 23.7 Å². The summed E-state index contributed by atoms with van der Waals surface area (Å²) in [5.74, 6) is -0.927. The molecule has 0 fully saturated rings. The predicted octanol–water partition coefficient (Wildman–Crippen LogP) is 0.498. The average molecular weight is 425 g/mol. The van der Waals surface area contributed by atoms with Crippen molar-refractivity contribution < 1.29 is 19.1 Å². The first kappa shape index (κ1) is 21.9. The summed E-state index contributed by atoms with van der Waals surface area (Å²) >= 11 is 7.00. The van der Waals surface area contributed by atoms with Gasteiger partial charge in [0.1, 0.15) is 11.2 Å². The van der Waals surface area contributed by atoms with Gasteiger partial charge in [0, 0.05) is 18.7 Å². The Morgan fingerprint density at radius 2 is 2.00 bits per heavy atom. The number of halogens is 1. The molecule has 9 heteroatoms. The molecule has 150 valence electrons. The summed E-state index contributed by atoms with van der Waals surface area (Å²) in [7, 11) is 1.53. The van der Waals surface area contributed by atoms with E-state index < -0.39 is 5.97 Å². The number of hydrogen-bond acceptors (Lipinski definition) is 6. The summed E-state index contributed by atoms with van der Waals surface area (Å²) in [6, 6.07) is 6.99. The number of rotatable bonds is 8. The van der Waals surface area contributed by atoms with Crippen molar-refractivity contribution in [1.82, 2.24) is 9.88 Å². The molecular weight excluding hydrogens is 404 g/mol. The number of nitrogens with one attached hydrogen (secondary N) is 1. The molecular formula is C19H21ClN2O5S. The number of carbonyl (C=O) groups excluding carboxylic acids is 2. The largest absolute Gasteiger partial charge is 0.463 e. The summed E-state index contributed by atoms with van der Waals surface area (Å²) in [4.78, 5) is 36.8. The van der Waals surface area contributed by atoms with Crippen LogP contribution in [0.2, 0.25) is 5.02 Å². The number of ether oxygens (including phenoxy) is 2. The lowest BCUT2D eigenvalue weighted by Gasteiger charge is -2.05. The zero-order chi connectivity index (χ0) is 20.5. The third kappa shape index (κ3) is 6.33. The monoisotopic (exact) mass is 424 g/mol. The maximum Gasteiger partial charge on any atom is 0.333 e. The molecule has 1 N–H and O–H groups in total. The van der Waals surface area contributed by atoms with Crippen LogP contribution in [0, 0.1) is 0 Å². The zero-order valence-corrected chi connectivity index (χ0v) is 17.1. The standard InChI is InChI=1S/C19H21ClN2O5S/c1-3-27-18(24)11-17-22(12-16(23)21-8-9-26-2)19(25)15(28-17)10-13-4-6-14(20)7-5-13/h4-7,10-11H,3,8-9,12H2,1-2H3,(H,21,23)/b15-10+,17-11-. The van der Waals surface area contributed by atoms with Gasteiger partial charge in [-0.05, 0) is 30.7 Å². The summed E-state index contributed by atoms with van der Waals surface area (Å²) < 4.78 is 11.8. The molecule has 0 aliphatic rings. The van der Waals surface area contributed by atoms with Gasteiger partial charge >= 0.3 is 5.97 Å². The second-order valence-corrected chi connectivity index (χ2v) is 7.13. The van der Waals surface area contributed by atoms with Gasteiger partial charge in [0.2, 0.25) is 5.91 Å². The summed E-state index contributed by atoms with van der Waals surface area (Å²) in [5.41, 5.74) is 0.416. The smallest absolute Gasteiger partial charge is 0.333 e. The Hall–Kier alpha value is -2.42. The zero-order valence-electron chi connectivity index (χ0n) is 15.6. The lowest BCUT2D eigenvalue weighted by Crippen LogP contribution is -2.39. The molecule has 0 saturated carbocycles. The van der Waals surface area contributed by atoms with E-state index in [0.29, 0.717) is 27.4 Å². The number of carbonyl (C=O) groups is 2. The van der Waals surface area contributed by atoms with Crippen LogP contribution >= 0.6 is 22.9 Å². The minimum absolute atomic E-state index is 0.210. The quantitative estimate of drug-likeness (QED) is 0.492. The number of hydrogen-bond donors (Lipinski definition) is 1. The number of benzene rings is 1. The van der Waals surface area contributed by atoms with Crippen LogP contribution < -0.4 is 20.1 Å². The molecule has 1 heterocycles. The number of esters is 1. The third-order valence-corrected chi connectivity index (χ3v) is 4.87. The van der Waals surface area contributed by atoms with Gasteiger partial charge in [-0.3, -0.25) is 14.2 Å². The highest BCUT2D eigenvalue weighted by Crippen LogP contribution is 2.09. The fourth-order valence-corrected chi connectivity index (χ4v) is 3.44. The van der Waals surface area contributed by atoms with E-state index in [4.69, 9.17) is 21.1 Å².